The molecule has 0 saturated heterocycles. The Morgan fingerprint density at radius 2 is 2.11 bits per heavy atom. The van der Waals surface area contributed by atoms with Gasteiger partial charge in [0.05, 0.1) is 11.1 Å². The molecule has 102 valence electrons. The molecule has 0 bridgehead atoms. The van der Waals surface area contributed by atoms with Crippen molar-refractivity contribution in [3.8, 4) is 5.75 Å². The predicted octanol–water partition coefficient (Wildman–Crippen LogP) is 2.98. The van der Waals surface area contributed by atoms with E-state index in [0.717, 1.165) is 4.47 Å². The number of hydrogen-bond acceptors (Lipinski definition) is 3. The van der Waals surface area contributed by atoms with Crippen LogP contribution in [0.25, 0.3) is 0 Å². The molecular weight excluding hydrogens is 301 g/mol. The highest BCUT2D eigenvalue weighted by molar-refractivity contribution is 9.10. The Hall–Kier alpha value is -0.650. The lowest BCUT2D eigenvalue weighted by Crippen LogP contribution is -2.38. The van der Waals surface area contributed by atoms with Crippen LogP contribution < -0.4 is 10.1 Å². The lowest BCUT2D eigenvalue weighted by molar-refractivity contribution is 0.0787. The fourth-order valence-electron chi connectivity index (χ4n) is 1.43. The molecule has 1 atom stereocenters. The first kappa shape index (κ1) is 15.4. The quantitative estimate of drug-likeness (QED) is 0.838. The van der Waals surface area contributed by atoms with Gasteiger partial charge in [-0.1, -0.05) is 13.8 Å². The number of methoxy groups -OCH3 is 1. The van der Waals surface area contributed by atoms with Gasteiger partial charge in [-0.25, -0.2) is 4.39 Å². The van der Waals surface area contributed by atoms with E-state index in [4.69, 9.17) is 9.47 Å². The van der Waals surface area contributed by atoms with Gasteiger partial charge in [-0.15, -0.1) is 0 Å². The van der Waals surface area contributed by atoms with Crippen LogP contribution in [0.4, 0.5) is 4.39 Å². The van der Waals surface area contributed by atoms with E-state index in [1.807, 2.05) is 0 Å². The van der Waals surface area contributed by atoms with E-state index < -0.39 is 0 Å². The molecule has 0 heterocycles. The highest BCUT2D eigenvalue weighted by Crippen LogP contribution is 2.26. The Kier molecular flexibility index (Phi) is 6.60. The number of nitrogens with one attached hydrogen (secondary N) is 1. The second-order valence-electron chi connectivity index (χ2n) is 4.33. The zero-order chi connectivity index (χ0) is 13.5. The summed E-state index contributed by atoms with van der Waals surface area (Å²) in [5, 5.41) is 3.27. The molecule has 1 N–H and O–H groups in total. The van der Waals surface area contributed by atoms with Gasteiger partial charge in [0.1, 0.15) is 17.7 Å². The SMILES string of the molecule is COCC(CNC(C)C)Oc1cc(F)ccc1Br. The minimum Gasteiger partial charge on any atom is -0.485 e. The van der Waals surface area contributed by atoms with Crippen LogP contribution in [0.3, 0.4) is 0 Å². The van der Waals surface area contributed by atoms with Gasteiger partial charge < -0.3 is 14.8 Å². The highest BCUT2D eigenvalue weighted by atomic mass is 79.9. The minimum absolute atomic E-state index is 0.157. The Labute approximate surface area is 116 Å². The molecule has 0 radical (unpaired) electrons. The van der Waals surface area contributed by atoms with Gasteiger partial charge in [-0.05, 0) is 28.1 Å². The van der Waals surface area contributed by atoms with Gasteiger partial charge in [0.15, 0.2) is 0 Å². The molecule has 0 aliphatic carbocycles. The Balaban J connectivity index is 2.66. The third kappa shape index (κ3) is 5.33. The van der Waals surface area contributed by atoms with Crippen LogP contribution in [0.2, 0.25) is 0 Å². The first-order valence-electron chi connectivity index (χ1n) is 5.87. The van der Waals surface area contributed by atoms with Crippen molar-refractivity contribution in [2.75, 3.05) is 20.3 Å². The van der Waals surface area contributed by atoms with Crippen molar-refractivity contribution in [1.29, 1.82) is 0 Å². The summed E-state index contributed by atoms with van der Waals surface area (Å²) in [5.41, 5.74) is 0. The van der Waals surface area contributed by atoms with Crippen molar-refractivity contribution in [3.63, 3.8) is 0 Å². The summed E-state index contributed by atoms with van der Waals surface area (Å²) in [7, 11) is 1.62. The van der Waals surface area contributed by atoms with Crippen molar-refractivity contribution in [3.05, 3.63) is 28.5 Å². The van der Waals surface area contributed by atoms with E-state index in [1.54, 1.807) is 13.2 Å². The molecule has 0 spiro atoms. The summed E-state index contributed by atoms with van der Waals surface area (Å²) in [4.78, 5) is 0. The zero-order valence-corrected chi connectivity index (χ0v) is 12.5. The van der Waals surface area contributed by atoms with Gasteiger partial charge in [0, 0.05) is 25.8 Å². The van der Waals surface area contributed by atoms with E-state index in [2.05, 4.69) is 35.1 Å². The summed E-state index contributed by atoms with van der Waals surface area (Å²) in [6.07, 6.45) is -0.157. The van der Waals surface area contributed by atoms with Gasteiger partial charge in [-0.3, -0.25) is 0 Å². The van der Waals surface area contributed by atoms with Crippen molar-refractivity contribution >= 4 is 15.9 Å². The second kappa shape index (κ2) is 7.71. The maximum absolute atomic E-state index is 13.1. The van der Waals surface area contributed by atoms with E-state index in [9.17, 15) is 4.39 Å². The molecule has 18 heavy (non-hydrogen) atoms. The molecule has 1 unspecified atom stereocenters. The lowest BCUT2D eigenvalue weighted by atomic mass is 10.3. The van der Waals surface area contributed by atoms with Gasteiger partial charge >= 0.3 is 0 Å². The van der Waals surface area contributed by atoms with Crippen LogP contribution in [0.1, 0.15) is 13.8 Å². The molecule has 1 rings (SSSR count). The molecular formula is C13H19BrFNO2. The average molecular weight is 320 g/mol. The lowest BCUT2D eigenvalue weighted by Gasteiger charge is -2.21. The Morgan fingerprint density at radius 1 is 1.39 bits per heavy atom. The van der Waals surface area contributed by atoms with Crippen LogP contribution in [0.15, 0.2) is 22.7 Å². The largest absolute Gasteiger partial charge is 0.485 e. The molecule has 1 aromatic carbocycles. The van der Waals surface area contributed by atoms with E-state index in [-0.39, 0.29) is 11.9 Å². The zero-order valence-electron chi connectivity index (χ0n) is 10.9. The van der Waals surface area contributed by atoms with Gasteiger partial charge in [-0.2, -0.15) is 0 Å². The van der Waals surface area contributed by atoms with E-state index >= 15 is 0 Å². The van der Waals surface area contributed by atoms with Crippen LogP contribution in [-0.4, -0.2) is 32.4 Å². The van der Waals surface area contributed by atoms with Crippen LogP contribution in [-0.2, 0) is 4.74 Å². The molecule has 0 aliphatic heterocycles. The van der Waals surface area contributed by atoms with Crippen molar-refractivity contribution in [2.24, 2.45) is 0 Å². The summed E-state index contributed by atoms with van der Waals surface area (Å²) in [6.45, 7) is 5.21. The molecule has 5 heteroatoms. The third-order valence-corrected chi connectivity index (χ3v) is 2.95. The smallest absolute Gasteiger partial charge is 0.137 e. The first-order valence-corrected chi connectivity index (χ1v) is 6.66. The fourth-order valence-corrected chi connectivity index (χ4v) is 1.77. The molecule has 0 fully saturated rings. The number of rotatable bonds is 7. The fraction of sp³-hybridized carbons (Fsp3) is 0.538. The average Bonchev–Trinajstić information content (AvgIpc) is 2.31. The van der Waals surface area contributed by atoms with E-state index in [1.165, 1.54) is 12.1 Å². The highest BCUT2D eigenvalue weighted by Gasteiger charge is 2.13. The molecule has 0 amide bonds. The van der Waals surface area contributed by atoms with Crippen molar-refractivity contribution < 1.29 is 13.9 Å². The monoisotopic (exact) mass is 319 g/mol. The predicted molar refractivity (Wildman–Crippen MR) is 73.5 cm³/mol. The van der Waals surface area contributed by atoms with Crippen molar-refractivity contribution in [2.45, 2.75) is 26.0 Å². The van der Waals surface area contributed by atoms with Gasteiger partial charge in [0.25, 0.3) is 0 Å². The third-order valence-electron chi connectivity index (χ3n) is 2.29. The minimum atomic E-state index is -0.318. The number of ether oxygens (including phenoxy) is 2. The van der Waals surface area contributed by atoms with Crippen LogP contribution >= 0.6 is 15.9 Å². The van der Waals surface area contributed by atoms with Gasteiger partial charge in [0.2, 0.25) is 0 Å². The van der Waals surface area contributed by atoms with Crippen molar-refractivity contribution in [1.82, 2.24) is 5.32 Å². The maximum Gasteiger partial charge on any atom is 0.137 e. The summed E-state index contributed by atoms with van der Waals surface area (Å²) < 4.78 is 24.7. The Morgan fingerprint density at radius 3 is 2.72 bits per heavy atom. The number of benzene rings is 1. The topological polar surface area (TPSA) is 30.5 Å². The normalized spacial score (nSPS) is 12.8. The Bertz CT molecular complexity index is 374. The molecule has 1 aromatic rings. The molecule has 0 aromatic heterocycles. The summed E-state index contributed by atoms with van der Waals surface area (Å²) >= 11 is 3.34. The van der Waals surface area contributed by atoms with Crippen LogP contribution in [0, 0.1) is 5.82 Å². The second-order valence-corrected chi connectivity index (χ2v) is 5.19. The standard InChI is InChI=1S/C13H19BrFNO2/c1-9(2)16-7-11(8-17-3)18-13-6-10(15)4-5-12(13)14/h4-6,9,11,16H,7-8H2,1-3H3. The number of hydrogen-bond donors (Lipinski definition) is 1. The maximum atomic E-state index is 13.1. The molecule has 0 aliphatic rings. The van der Waals surface area contributed by atoms with E-state index in [0.29, 0.717) is 24.9 Å². The first-order chi connectivity index (χ1) is 8.52. The number of halogens is 2. The molecule has 0 saturated carbocycles. The molecule has 3 nitrogen and oxygen atoms in total. The summed E-state index contributed by atoms with van der Waals surface area (Å²) in [6, 6.07) is 4.74. The summed E-state index contributed by atoms with van der Waals surface area (Å²) in [5.74, 6) is 0.170. The van der Waals surface area contributed by atoms with Crippen LogP contribution in [0.5, 0.6) is 5.75 Å².